The summed E-state index contributed by atoms with van der Waals surface area (Å²) in [4.78, 5) is 3.21. The van der Waals surface area contributed by atoms with E-state index in [0.29, 0.717) is 11.8 Å². The van der Waals surface area contributed by atoms with Crippen LogP contribution in [0.3, 0.4) is 0 Å². The van der Waals surface area contributed by atoms with Gasteiger partial charge in [-0.3, -0.25) is 0 Å². The van der Waals surface area contributed by atoms with Crippen LogP contribution in [-0.4, -0.2) is 18.1 Å². The lowest BCUT2D eigenvalue weighted by Gasteiger charge is -2.31. The average molecular weight is 246 g/mol. The van der Waals surface area contributed by atoms with Crippen molar-refractivity contribution in [3.05, 3.63) is 35.8 Å². The van der Waals surface area contributed by atoms with Gasteiger partial charge in [0.1, 0.15) is 5.82 Å². The second kappa shape index (κ2) is 4.73. The molecule has 1 aromatic heterocycles. The van der Waals surface area contributed by atoms with Crippen LogP contribution >= 0.6 is 0 Å². The fraction of sp³-hybridized carbons (Fsp3) is 0.467. The molecule has 3 heteroatoms. The lowest BCUT2D eigenvalue weighted by Crippen LogP contribution is -2.35. The summed E-state index contributed by atoms with van der Waals surface area (Å²) in [5.41, 5.74) is 2.08. The number of halogens is 1. The van der Waals surface area contributed by atoms with E-state index in [1.807, 2.05) is 12.3 Å². The van der Waals surface area contributed by atoms with Gasteiger partial charge in [0.2, 0.25) is 0 Å². The molecule has 2 nitrogen and oxygen atoms in total. The molecule has 0 radical (unpaired) electrons. The number of piperidine rings is 1. The largest absolute Gasteiger partial charge is 0.361 e. The summed E-state index contributed by atoms with van der Waals surface area (Å²) in [6, 6.07) is 5.27. The number of aromatic nitrogens is 1. The van der Waals surface area contributed by atoms with E-state index < -0.39 is 0 Å². The Bertz CT molecular complexity index is 546. The zero-order valence-corrected chi connectivity index (χ0v) is 10.7. The van der Waals surface area contributed by atoms with Crippen LogP contribution in [-0.2, 0) is 0 Å². The van der Waals surface area contributed by atoms with Crippen molar-refractivity contribution in [2.24, 2.45) is 5.92 Å². The Morgan fingerprint density at radius 1 is 1.39 bits per heavy atom. The van der Waals surface area contributed by atoms with Gasteiger partial charge in [-0.2, -0.15) is 0 Å². The highest BCUT2D eigenvalue weighted by Gasteiger charge is 2.27. The summed E-state index contributed by atoms with van der Waals surface area (Å²) in [6.45, 7) is 4.29. The number of hydrogen-bond donors (Lipinski definition) is 2. The first-order valence-corrected chi connectivity index (χ1v) is 6.77. The Hall–Kier alpha value is -1.35. The average Bonchev–Trinajstić information content (AvgIpc) is 2.84. The minimum atomic E-state index is -0.0999. The normalized spacial score (nSPS) is 24.6. The fourth-order valence-electron chi connectivity index (χ4n) is 3.22. The number of hydrogen-bond acceptors (Lipinski definition) is 1. The van der Waals surface area contributed by atoms with Gasteiger partial charge in [-0.15, -0.1) is 0 Å². The monoisotopic (exact) mass is 246 g/mol. The third-order valence-corrected chi connectivity index (χ3v) is 4.22. The van der Waals surface area contributed by atoms with Crippen LogP contribution in [0.15, 0.2) is 24.4 Å². The zero-order valence-electron chi connectivity index (χ0n) is 10.7. The minimum absolute atomic E-state index is 0.0999. The summed E-state index contributed by atoms with van der Waals surface area (Å²) < 4.78 is 14.0. The minimum Gasteiger partial charge on any atom is -0.361 e. The van der Waals surface area contributed by atoms with E-state index in [0.717, 1.165) is 42.4 Å². The van der Waals surface area contributed by atoms with Gasteiger partial charge in [-0.25, -0.2) is 4.39 Å². The van der Waals surface area contributed by atoms with E-state index in [2.05, 4.69) is 17.2 Å². The molecule has 0 aliphatic carbocycles. The highest BCUT2D eigenvalue weighted by atomic mass is 19.1. The summed E-state index contributed by atoms with van der Waals surface area (Å²) >= 11 is 0. The molecule has 2 aromatic rings. The molecule has 18 heavy (non-hydrogen) atoms. The van der Waals surface area contributed by atoms with Crippen molar-refractivity contribution in [1.29, 1.82) is 0 Å². The molecule has 0 bridgehead atoms. The third kappa shape index (κ3) is 1.83. The van der Waals surface area contributed by atoms with E-state index >= 15 is 0 Å². The van der Waals surface area contributed by atoms with Gasteiger partial charge in [-0.05, 0) is 49.0 Å². The second-order valence-corrected chi connectivity index (χ2v) is 5.17. The molecule has 96 valence electrons. The Morgan fingerprint density at radius 3 is 3.11 bits per heavy atom. The lowest BCUT2D eigenvalue weighted by molar-refractivity contribution is 0.319. The molecule has 0 spiro atoms. The highest BCUT2D eigenvalue weighted by Crippen LogP contribution is 2.37. The maximum atomic E-state index is 14.0. The van der Waals surface area contributed by atoms with Crippen LogP contribution < -0.4 is 5.32 Å². The SMILES string of the molecule is CCC1CNCCC1c1c[nH]c2cccc(F)c12. The molecule has 0 saturated carbocycles. The maximum Gasteiger partial charge on any atom is 0.132 e. The van der Waals surface area contributed by atoms with Crippen LogP contribution in [0.4, 0.5) is 4.39 Å². The first-order valence-electron chi connectivity index (χ1n) is 6.77. The van der Waals surface area contributed by atoms with Crippen molar-refractivity contribution in [2.75, 3.05) is 13.1 Å². The molecule has 3 rings (SSSR count). The van der Waals surface area contributed by atoms with E-state index in [1.54, 1.807) is 12.1 Å². The molecule has 1 aliphatic heterocycles. The third-order valence-electron chi connectivity index (χ3n) is 4.22. The van der Waals surface area contributed by atoms with E-state index in [1.165, 1.54) is 0 Å². The molecule has 2 heterocycles. The topological polar surface area (TPSA) is 27.8 Å². The van der Waals surface area contributed by atoms with E-state index in [4.69, 9.17) is 0 Å². The fourth-order valence-corrected chi connectivity index (χ4v) is 3.22. The molecule has 0 amide bonds. The Balaban J connectivity index is 2.07. The van der Waals surface area contributed by atoms with Gasteiger partial charge >= 0.3 is 0 Å². The van der Waals surface area contributed by atoms with Gasteiger partial charge in [0, 0.05) is 17.1 Å². The summed E-state index contributed by atoms with van der Waals surface area (Å²) in [7, 11) is 0. The molecule has 1 saturated heterocycles. The molecular weight excluding hydrogens is 227 g/mol. The molecule has 1 fully saturated rings. The van der Waals surface area contributed by atoms with Crippen LogP contribution in [0.25, 0.3) is 10.9 Å². The Morgan fingerprint density at radius 2 is 2.28 bits per heavy atom. The first kappa shape index (κ1) is 11.7. The van der Waals surface area contributed by atoms with Gasteiger partial charge in [0.05, 0.1) is 0 Å². The van der Waals surface area contributed by atoms with Crippen molar-refractivity contribution in [1.82, 2.24) is 10.3 Å². The van der Waals surface area contributed by atoms with Crippen molar-refractivity contribution >= 4 is 10.9 Å². The van der Waals surface area contributed by atoms with Crippen molar-refractivity contribution in [2.45, 2.75) is 25.7 Å². The number of fused-ring (bicyclic) bond motifs is 1. The predicted molar refractivity (Wildman–Crippen MR) is 72.3 cm³/mol. The van der Waals surface area contributed by atoms with Crippen LogP contribution in [0.5, 0.6) is 0 Å². The van der Waals surface area contributed by atoms with Crippen molar-refractivity contribution in [3.63, 3.8) is 0 Å². The first-order chi connectivity index (χ1) is 8.81. The van der Waals surface area contributed by atoms with Crippen LogP contribution in [0, 0.1) is 11.7 Å². The molecular formula is C15H19FN2. The van der Waals surface area contributed by atoms with Crippen LogP contribution in [0.2, 0.25) is 0 Å². The van der Waals surface area contributed by atoms with Gasteiger partial charge in [0.15, 0.2) is 0 Å². The summed E-state index contributed by atoms with van der Waals surface area (Å²) in [5, 5.41) is 4.23. The Labute approximate surface area is 107 Å². The molecule has 2 N–H and O–H groups in total. The molecule has 2 atom stereocenters. The molecule has 1 aliphatic rings. The lowest BCUT2D eigenvalue weighted by atomic mass is 9.79. The summed E-state index contributed by atoms with van der Waals surface area (Å²) in [6.07, 6.45) is 4.24. The number of nitrogens with one attached hydrogen (secondary N) is 2. The molecule has 1 aromatic carbocycles. The number of aromatic amines is 1. The number of H-pyrrole nitrogens is 1. The van der Waals surface area contributed by atoms with E-state index in [-0.39, 0.29) is 5.82 Å². The van der Waals surface area contributed by atoms with Crippen LogP contribution in [0.1, 0.15) is 31.2 Å². The van der Waals surface area contributed by atoms with Gasteiger partial charge in [0.25, 0.3) is 0 Å². The standard InChI is InChI=1S/C15H19FN2/c1-2-10-8-17-7-6-11(10)12-9-18-14-5-3-4-13(16)15(12)14/h3-5,9-11,17-18H,2,6-8H2,1H3. The van der Waals surface area contributed by atoms with Crippen molar-refractivity contribution in [3.8, 4) is 0 Å². The molecule has 2 unspecified atom stereocenters. The number of rotatable bonds is 2. The maximum absolute atomic E-state index is 14.0. The van der Waals surface area contributed by atoms with Gasteiger partial charge < -0.3 is 10.3 Å². The van der Waals surface area contributed by atoms with Crippen molar-refractivity contribution < 1.29 is 4.39 Å². The second-order valence-electron chi connectivity index (χ2n) is 5.17. The predicted octanol–water partition coefficient (Wildman–Crippen LogP) is 3.41. The number of benzene rings is 1. The Kier molecular flexibility index (Phi) is 3.08. The quantitative estimate of drug-likeness (QED) is 0.835. The zero-order chi connectivity index (χ0) is 12.5. The van der Waals surface area contributed by atoms with E-state index in [9.17, 15) is 4.39 Å². The summed E-state index contributed by atoms with van der Waals surface area (Å²) in [5.74, 6) is 0.983. The van der Waals surface area contributed by atoms with Gasteiger partial charge in [-0.1, -0.05) is 19.4 Å². The smallest absolute Gasteiger partial charge is 0.132 e. The highest BCUT2D eigenvalue weighted by molar-refractivity contribution is 5.84.